The summed E-state index contributed by atoms with van der Waals surface area (Å²) < 4.78 is 35.6. The van der Waals surface area contributed by atoms with Gasteiger partial charge >= 0.3 is 98.4 Å². The fourth-order valence-corrected chi connectivity index (χ4v) is 9.72. The van der Waals surface area contributed by atoms with E-state index in [2.05, 4.69) is 0 Å². The summed E-state index contributed by atoms with van der Waals surface area (Å²) in [6.45, 7) is -3.21. The van der Waals surface area contributed by atoms with E-state index in [4.69, 9.17) is 0 Å². The zero-order valence-corrected chi connectivity index (χ0v) is 23.0. The van der Waals surface area contributed by atoms with Crippen LogP contribution in [0.2, 0.25) is 0 Å². The number of hydrogen-bond donors (Lipinski definition) is 1. The third-order valence-electron chi connectivity index (χ3n) is 3.71. The van der Waals surface area contributed by atoms with Gasteiger partial charge < -0.3 is 4.28 Å². The Labute approximate surface area is 226 Å². The molecule has 0 amide bonds. The summed E-state index contributed by atoms with van der Waals surface area (Å²) in [5.41, 5.74) is 0. The number of hydrogen-bond acceptors (Lipinski definition) is 2. The summed E-state index contributed by atoms with van der Waals surface area (Å²) in [4.78, 5) is 0. The maximum atomic E-state index is 12.7. The summed E-state index contributed by atoms with van der Waals surface area (Å²) in [7, 11) is -4.37. The van der Waals surface area contributed by atoms with Crippen molar-refractivity contribution >= 4 is 32.1 Å². The summed E-state index contributed by atoms with van der Waals surface area (Å²) in [6.07, 6.45) is 0. The topological polar surface area (TPSA) is 54.4 Å². The predicted octanol–water partition coefficient (Wildman–Crippen LogP) is -5.87. The van der Waals surface area contributed by atoms with Gasteiger partial charge in [0.2, 0.25) is 0 Å². The third-order valence-corrected chi connectivity index (χ3v) is 11.4. The van der Waals surface area contributed by atoms with Crippen LogP contribution in [0.15, 0.2) is 91.0 Å². The van der Waals surface area contributed by atoms with Gasteiger partial charge in [0.05, 0.1) is 0 Å². The van der Waals surface area contributed by atoms with Crippen LogP contribution in [-0.2, 0) is 9.74 Å². The Morgan fingerprint density at radius 3 is 1.00 bits per heavy atom. The molecule has 0 aromatic heterocycles. The Morgan fingerprint density at radius 1 is 0.577 bits per heavy atom. The molecule has 0 saturated heterocycles. The van der Waals surface area contributed by atoms with Crippen molar-refractivity contribution in [1.82, 2.24) is 0 Å². The molecule has 0 saturated carbocycles. The summed E-state index contributed by atoms with van der Waals surface area (Å²) >= 11 is 0. The molecule has 3 aromatic rings. The van der Waals surface area contributed by atoms with Crippen molar-refractivity contribution in [3.63, 3.8) is 0 Å². The molecule has 1 N–H and O–H groups in total. The zero-order valence-electron chi connectivity index (χ0n) is 18.3. The van der Waals surface area contributed by atoms with Crippen molar-refractivity contribution in [2.45, 2.75) is 0 Å². The van der Waals surface area contributed by atoms with Gasteiger partial charge in [-0.15, -0.1) is 0 Å². The third kappa shape index (κ3) is 5.33. The van der Waals surface area contributed by atoms with Crippen molar-refractivity contribution in [1.29, 1.82) is 0 Å². The molecule has 0 bridgehead atoms. The molecule has 3 nitrogen and oxygen atoms in total. The summed E-state index contributed by atoms with van der Waals surface area (Å²) in [5.74, 6) is 0. The molecule has 122 valence electrons. The van der Waals surface area contributed by atoms with Crippen molar-refractivity contribution in [2.24, 2.45) is 0 Å². The average molecular weight is 415 g/mol. The SMILES string of the molecule is O=S(=O)(O)[P+](c1ccccc1)(c1ccccc1)c1ccccc1.[H-].[H-].[H-].[Na+].[Na+].[Na+]. The molecule has 3 aromatic carbocycles. The van der Waals surface area contributed by atoms with Gasteiger partial charge in [0.25, 0.3) is 6.46 Å². The Hall–Kier alpha value is 1.00. The van der Waals surface area contributed by atoms with Crippen LogP contribution >= 0.6 is 6.46 Å². The summed E-state index contributed by atoms with van der Waals surface area (Å²) in [5, 5.41) is 1.83. The van der Waals surface area contributed by atoms with E-state index in [-0.39, 0.29) is 93.0 Å². The predicted molar refractivity (Wildman–Crippen MR) is 100 cm³/mol. The zero-order chi connectivity index (χ0) is 16.3. The van der Waals surface area contributed by atoms with Crippen LogP contribution < -0.4 is 105 Å². The van der Waals surface area contributed by atoms with E-state index < -0.39 is 16.2 Å². The van der Waals surface area contributed by atoms with Crippen LogP contribution in [0, 0.1) is 0 Å². The van der Waals surface area contributed by atoms with Crippen LogP contribution in [0.3, 0.4) is 0 Å². The molecule has 0 aliphatic carbocycles. The molecule has 0 fully saturated rings. The summed E-state index contributed by atoms with van der Waals surface area (Å²) in [6, 6.07) is 26.8. The van der Waals surface area contributed by atoms with Crippen LogP contribution in [0.5, 0.6) is 0 Å². The van der Waals surface area contributed by atoms with Gasteiger partial charge in [-0.2, -0.15) is 8.42 Å². The normalized spacial score (nSPS) is 10.7. The second-order valence-corrected chi connectivity index (χ2v) is 11.8. The van der Waals surface area contributed by atoms with E-state index in [0.717, 1.165) is 0 Å². The minimum Gasteiger partial charge on any atom is -1.00 e. The largest absolute Gasteiger partial charge is 1.00 e. The molecular weight excluding hydrogens is 396 g/mol. The fraction of sp³-hybridized carbons (Fsp3) is 0. The maximum Gasteiger partial charge on any atom is 1.00 e. The van der Waals surface area contributed by atoms with Crippen LogP contribution in [0.1, 0.15) is 4.28 Å². The van der Waals surface area contributed by atoms with Gasteiger partial charge in [-0.25, -0.2) is 0 Å². The minimum absolute atomic E-state index is 0. The second kappa shape index (κ2) is 11.9. The molecule has 0 radical (unpaired) electrons. The monoisotopic (exact) mass is 415 g/mol. The molecule has 0 heterocycles. The standard InChI is InChI=1S/C18H15O3PS.3Na.3H/c19-23(20,21)22(16-10-4-1-5-11-16,17-12-6-2-7-13-17)18-14-8-3-9-15-18;;;;;;/h1-15H;;;;;;/q;3*+1;3*-1/p+1. The van der Waals surface area contributed by atoms with Crippen molar-refractivity contribution in [3.8, 4) is 0 Å². The van der Waals surface area contributed by atoms with Crippen LogP contribution in [-0.4, -0.2) is 13.0 Å². The Balaban J connectivity index is -0.000000521. The van der Waals surface area contributed by atoms with E-state index in [1.54, 1.807) is 72.8 Å². The van der Waals surface area contributed by atoms with Crippen LogP contribution in [0.25, 0.3) is 0 Å². The van der Waals surface area contributed by atoms with E-state index in [0.29, 0.717) is 15.9 Å². The first-order valence-electron chi connectivity index (χ1n) is 7.10. The first-order valence-corrected chi connectivity index (χ1v) is 10.9. The molecule has 26 heavy (non-hydrogen) atoms. The number of benzene rings is 3. The van der Waals surface area contributed by atoms with Gasteiger partial charge in [-0.3, -0.25) is 4.55 Å². The van der Waals surface area contributed by atoms with E-state index in [9.17, 15) is 13.0 Å². The molecule has 0 unspecified atom stereocenters. The first kappa shape index (κ1) is 27.0. The smallest absolute Gasteiger partial charge is 1.00 e. The molecule has 8 heteroatoms. The van der Waals surface area contributed by atoms with E-state index >= 15 is 0 Å². The van der Waals surface area contributed by atoms with Gasteiger partial charge in [0.1, 0.15) is 15.9 Å². The van der Waals surface area contributed by atoms with Gasteiger partial charge in [-0.1, -0.05) is 54.6 Å². The molecule has 0 aliphatic heterocycles. The first-order chi connectivity index (χ1) is 11.1. The molecule has 0 atom stereocenters. The molecule has 0 spiro atoms. The number of rotatable bonds is 4. The maximum absolute atomic E-state index is 12.7. The second-order valence-electron chi connectivity index (χ2n) is 5.06. The fourth-order valence-electron chi connectivity index (χ4n) is 2.76. The van der Waals surface area contributed by atoms with Crippen molar-refractivity contribution in [3.05, 3.63) is 91.0 Å². The van der Waals surface area contributed by atoms with Crippen molar-refractivity contribution in [2.75, 3.05) is 0 Å². The van der Waals surface area contributed by atoms with Crippen molar-refractivity contribution < 1.29 is 106 Å². The Bertz CT molecular complexity index is 810. The van der Waals surface area contributed by atoms with E-state index in [1.807, 2.05) is 18.2 Å². The van der Waals surface area contributed by atoms with E-state index in [1.165, 1.54) is 0 Å². The van der Waals surface area contributed by atoms with Crippen LogP contribution in [0.4, 0.5) is 0 Å². The molecule has 3 rings (SSSR count). The molecule has 0 aliphatic rings. The molecular formula is C18H19Na3O3PS+. The Kier molecular flexibility index (Phi) is 12.3. The average Bonchev–Trinajstić information content (AvgIpc) is 2.57. The Morgan fingerprint density at radius 2 is 0.808 bits per heavy atom. The van der Waals surface area contributed by atoms with Gasteiger partial charge in [-0.05, 0) is 36.4 Å². The van der Waals surface area contributed by atoms with Gasteiger partial charge in [0, 0.05) is 0 Å². The minimum atomic E-state index is -4.37. The quantitative estimate of drug-likeness (QED) is 0.263. The van der Waals surface area contributed by atoms with Gasteiger partial charge in [0.15, 0.2) is 0 Å².